The van der Waals surface area contributed by atoms with Crippen molar-refractivity contribution in [3.63, 3.8) is 0 Å². The molecule has 75 heavy (non-hydrogen) atoms. The summed E-state index contributed by atoms with van der Waals surface area (Å²) in [6.45, 7) is 4.31. The lowest BCUT2D eigenvalue weighted by atomic mass is 10.0. The number of amides is 9. The second kappa shape index (κ2) is 28.6. The van der Waals surface area contributed by atoms with Crippen LogP contribution in [0.2, 0.25) is 5.02 Å². The van der Waals surface area contributed by atoms with Crippen molar-refractivity contribution < 1.29 is 58.1 Å². The van der Waals surface area contributed by atoms with Gasteiger partial charge in [0.1, 0.15) is 42.0 Å². The number of aromatic hydroxyl groups is 1. The third kappa shape index (κ3) is 17.8. The number of nitrogens with one attached hydrogen (secondary N) is 5. The van der Waals surface area contributed by atoms with Gasteiger partial charge in [-0.25, -0.2) is 4.79 Å². The van der Waals surface area contributed by atoms with Crippen LogP contribution >= 0.6 is 11.6 Å². The number of Topliss-reactive ketones (excluding diaryl/α,β-unsaturated/α-hetero) is 1. The number of carbonyl (C=O) groups is 9. The van der Waals surface area contributed by atoms with Crippen molar-refractivity contribution >= 4 is 70.7 Å². The fourth-order valence-electron chi connectivity index (χ4n) is 9.24. The summed E-state index contributed by atoms with van der Waals surface area (Å²) in [5.74, 6) is -6.19. The van der Waals surface area contributed by atoms with Crippen LogP contribution in [0.25, 0.3) is 0 Å². The van der Waals surface area contributed by atoms with Crippen LogP contribution in [0.1, 0.15) is 76.3 Å². The number of phenols is 1. The van der Waals surface area contributed by atoms with Gasteiger partial charge in [0.25, 0.3) is 0 Å². The highest BCUT2D eigenvalue weighted by Crippen LogP contribution is 2.24. The monoisotopic (exact) mass is 1070 g/mol. The summed E-state index contributed by atoms with van der Waals surface area (Å²) in [6.07, 6.45) is 0.991. The molecule has 0 aliphatic carbocycles. The minimum atomic E-state index is -1.62. The van der Waals surface area contributed by atoms with Gasteiger partial charge in [-0.1, -0.05) is 49.7 Å². The number of benzene rings is 2. The van der Waals surface area contributed by atoms with E-state index < -0.39 is 108 Å². The zero-order valence-corrected chi connectivity index (χ0v) is 43.1. The first kappa shape index (κ1) is 58.8. The predicted octanol–water partition coefficient (Wildman–Crippen LogP) is -1.30. The van der Waals surface area contributed by atoms with Gasteiger partial charge in [-0.05, 0) is 86.3 Å². The maximum Gasteiger partial charge on any atom is 0.318 e. The van der Waals surface area contributed by atoms with E-state index in [-0.39, 0.29) is 88.9 Å². The normalized spacial score (nSPS) is 18.4. The molecular weight excluding hydrogens is 996 g/mol. The maximum absolute atomic E-state index is 14.7. The molecule has 13 N–H and O–H groups in total. The lowest BCUT2D eigenvalue weighted by molar-refractivity contribution is -0.143. The Morgan fingerprint density at radius 3 is 1.83 bits per heavy atom. The minimum absolute atomic E-state index is 0.0147. The number of morpholine rings is 1. The van der Waals surface area contributed by atoms with Gasteiger partial charge in [-0.15, -0.1) is 0 Å². The van der Waals surface area contributed by atoms with Crippen LogP contribution in [-0.2, 0) is 55.9 Å². The van der Waals surface area contributed by atoms with E-state index in [0.29, 0.717) is 48.6 Å². The number of aliphatic hydroxyl groups excluding tert-OH is 1. The zero-order valence-electron chi connectivity index (χ0n) is 42.3. The number of hydrogen-bond donors (Lipinski definition) is 10. The number of nitrogens with zero attached hydrogens (tertiary/aromatic N) is 4. The predicted molar refractivity (Wildman–Crippen MR) is 274 cm³/mol. The molecule has 3 aliphatic heterocycles. The van der Waals surface area contributed by atoms with Gasteiger partial charge >= 0.3 is 6.03 Å². The SMILES string of the molecule is CC(C)C[C@H](NC(=O)[C@H]1CCCN1C(=O)[C@H](Cc1ccc(O)cc1)NC(=O)[C@H](CO)NC(=O)[C@H](Cc1ccc(Cl)cc1)NC(=O)N1CCOCC1)C(=O)N[C@@H](CCCN=C(N)N)C(=O)N1CCC[C@H]1C(=O)CC(N)=O. The lowest BCUT2D eigenvalue weighted by Crippen LogP contribution is -2.61. The van der Waals surface area contributed by atoms with E-state index in [2.05, 4.69) is 31.6 Å². The third-order valence-electron chi connectivity index (χ3n) is 13.1. The van der Waals surface area contributed by atoms with E-state index in [9.17, 15) is 53.4 Å². The number of aliphatic imine (C=N–C) groups is 1. The number of nitrogens with two attached hydrogens (primary N) is 3. The van der Waals surface area contributed by atoms with E-state index in [0.717, 1.165) is 0 Å². The van der Waals surface area contributed by atoms with Crippen molar-refractivity contribution in [3.05, 3.63) is 64.7 Å². The molecule has 25 heteroatoms. The molecule has 3 fully saturated rings. The first-order chi connectivity index (χ1) is 35.7. The van der Waals surface area contributed by atoms with Crippen LogP contribution in [0.5, 0.6) is 5.75 Å². The largest absolute Gasteiger partial charge is 0.508 e. The second-order valence-electron chi connectivity index (χ2n) is 19.3. The number of carbonyl (C=O) groups excluding carboxylic acids is 9. The van der Waals surface area contributed by atoms with Crippen LogP contribution in [-0.4, -0.2) is 179 Å². The Morgan fingerprint density at radius 1 is 0.693 bits per heavy atom. The number of guanidine groups is 1. The van der Waals surface area contributed by atoms with Crippen molar-refractivity contribution in [1.29, 1.82) is 0 Å². The van der Waals surface area contributed by atoms with E-state index in [1.807, 2.05) is 13.8 Å². The Morgan fingerprint density at radius 2 is 1.23 bits per heavy atom. The smallest absolute Gasteiger partial charge is 0.318 e. The first-order valence-corrected chi connectivity index (χ1v) is 25.6. The minimum Gasteiger partial charge on any atom is -0.508 e. The zero-order chi connectivity index (χ0) is 54.8. The first-order valence-electron chi connectivity index (χ1n) is 25.2. The Kier molecular flexibility index (Phi) is 22.4. The third-order valence-corrected chi connectivity index (χ3v) is 13.3. The highest BCUT2D eigenvalue weighted by Gasteiger charge is 2.42. The fraction of sp³-hybridized carbons (Fsp3) is 0.560. The highest BCUT2D eigenvalue weighted by molar-refractivity contribution is 6.30. The molecule has 0 spiro atoms. The molecule has 3 aliphatic rings. The molecule has 3 heterocycles. The summed E-state index contributed by atoms with van der Waals surface area (Å²) in [4.78, 5) is 131. The second-order valence-corrected chi connectivity index (χ2v) is 19.7. The number of aliphatic hydroxyl groups is 1. The van der Waals surface area contributed by atoms with Gasteiger partial charge in [0.05, 0.1) is 32.3 Å². The van der Waals surface area contributed by atoms with Gasteiger partial charge in [0, 0.05) is 50.6 Å². The van der Waals surface area contributed by atoms with Gasteiger partial charge in [-0.3, -0.25) is 43.3 Å². The Labute approximate surface area is 440 Å². The summed E-state index contributed by atoms with van der Waals surface area (Å²) in [7, 11) is 0. The molecule has 2 aromatic rings. The van der Waals surface area contributed by atoms with E-state index in [4.69, 9.17) is 33.5 Å². The molecule has 0 radical (unpaired) electrons. The number of hydrogen-bond acceptors (Lipinski definition) is 13. The molecule has 0 bridgehead atoms. The van der Waals surface area contributed by atoms with Crippen molar-refractivity contribution in [2.75, 3.05) is 52.5 Å². The Bertz CT molecular complexity index is 2370. The summed E-state index contributed by atoms with van der Waals surface area (Å²) in [5.41, 5.74) is 17.4. The highest BCUT2D eigenvalue weighted by atomic mass is 35.5. The van der Waals surface area contributed by atoms with E-state index in [1.54, 1.807) is 24.3 Å². The standard InChI is InChI=1S/C50H71ClN12O12/c1-29(2)24-35(43(68)56-34(6-3-17-55-49(53)54)47(72)62-18-4-7-39(62)41(66)27-42(52)67)57-46(71)40-8-5-19-63(40)48(73)37(26-31-11-15-33(65)16-12-31)58-45(70)38(28-64)59-44(69)36(25-30-9-13-32(51)14-10-30)60-50(74)61-20-22-75-23-21-61/h9-16,29,34-40,64-65H,3-8,17-28H2,1-2H3,(H2,52,67)(H,56,68)(H,57,71)(H,58,70)(H,59,69)(H,60,74)(H4,53,54,55)/t34-,35-,36-,37-,38-,39-,40+/m0/s1. The van der Waals surface area contributed by atoms with Crippen molar-refractivity contribution in [2.45, 2.75) is 120 Å². The number of halogens is 1. The van der Waals surface area contributed by atoms with Crippen LogP contribution in [0.3, 0.4) is 0 Å². The van der Waals surface area contributed by atoms with Gasteiger partial charge in [0.2, 0.25) is 41.4 Å². The summed E-state index contributed by atoms with van der Waals surface area (Å²) in [5, 5.41) is 34.5. The number of ketones is 1. The number of urea groups is 1. The molecule has 0 aromatic heterocycles. The van der Waals surface area contributed by atoms with Crippen LogP contribution in [0.15, 0.2) is 53.5 Å². The van der Waals surface area contributed by atoms with Gasteiger partial charge in [-0.2, -0.15) is 0 Å². The number of phenolic OH excluding ortho intramolecular Hbond substituents is 1. The van der Waals surface area contributed by atoms with Crippen molar-refractivity contribution in [1.82, 2.24) is 41.3 Å². The lowest BCUT2D eigenvalue weighted by Gasteiger charge is -2.32. The topological polar surface area (TPSA) is 364 Å². The molecule has 0 unspecified atom stereocenters. The van der Waals surface area contributed by atoms with Crippen molar-refractivity contribution in [3.8, 4) is 5.75 Å². The molecular formula is C50H71ClN12O12. The number of primary amides is 1. The maximum atomic E-state index is 14.7. The van der Waals surface area contributed by atoms with Crippen LogP contribution in [0, 0.1) is 5.92 Å². The Balaban J connectivity index is 1.34. The number of likely N-dealkylation sites (tertiary alicyclic amines) is 2. The molecule has 0 saturated carbocycles. The average molecular weight is 1070 g/mol. The fourth-order valence-corrected chi connectivity index (χ4v) is 9.37. The summed E-state index contributed by atoms with van der Waals surface area (Å²) >= 11 is 6.09. The van der Waals surface area contributed by atoms with Gasteiger partial charge < -0.3 is 73.4 Å². The summed E-state index contributed by atoms with van der Waals surface area (Å²) in [6, 6.07) is 3.21. The quantitative estimate of drug-likeness (QED) is 0.0239. The van der Waals surface area contributed by atoms with E-state index >= 15 is 0 Å². The molecule has 2 aromatic carbocycles. The molecule has 3 saturated heterocycles. The van der Waals surface area contributed by atoms with E-state index in [1.165, 1.54) is 39.0 Å². The molecule has 24 nitrogen and oxygen atoms in total. The number of ether oxygens (including phenoxy) is 1. The van der Waals surface area contributed by atoms with Gasteiger partial charge in [0.15, 0.2) is 11.7 Å². The average Bonchev–Trinajstić information content (AvgIpc) is 4.08. The molecule has 7 atom stereocenters. The summed E-state index contributed by atoms with van der Waals surface area (Å²) < 4.78 is 5.35. The van der Waals surface area contributed by atoms with Crippen LogP contribution < -0.4 is 43.8 Å². The Hall–Kier alpha value is -7.05. The molecule has 5 rings (SSSR count). The molecule has 410 valence electrons. The number of rotatable bonds is 25. The molecule has 9 amide bonds. The van der Waals surface area contributed by atoms with Crippen LogP contribution in [0.4, 0.5) is 4.79 Å². The van der Waals surface area contributed by atoms with Crippen molar-refractivity contribution in [2.24, 2.45) is 28.1 Å².